The van der Waals surface area contributed by atoms with Crippen LogP contribution < -0.4 is 15.4 Å². The van der Waals surface area contributed by atoms with Gasteiger partial charge in [0, 0.05) is 24.2 Å². The molecule has 4 rings (SSSR count). The van der Waals surface area contributed by atoms with Crippen LogP contribution in [0.2, 0.25) is 5.02 Å². The second-order valence-corrected chi connectivity index (χ2v) is 10.9. The summed E-state index contributed by atoms with van der Waals surface area (Å²) in [6, 6.07) is 3.01. The first-order valence-corrected chi connectivity index (χ1v) is 13.1. The van der Waals surface area contributed by atoms with Gasteiger partial charge >= 0.3 is 0 Å². The van der Waals surface area contributed by atoms with E-state index in [4.69, 9.17) is 11.6 Å². The maximum Gasteiger partial charge on any atom is 0.266 e. The molecular weight excluding hydrogens is 447 g/mol. The van der Waals surface area contributed by atoms with Gasteiger partial charge in [-0.2, -0.15) is 0 Å². The number of sulfonamides is 1. The second-order valence-electron chi connectivity index (χ2n) is 8.00. The number of piperidine rings is 1. The van der Waals surface area contributed by atoms with E-state index in [1.165, 1.54) is 38.4 Å². The van der Waals surface area contributed by atoms with Crippen molar-refractivity contribution in [2.45, 2.75) is 49.5 Å². The van der Waals surface area contributed by atoms with Gasteiger partial charge in [0.1, 0.15) is 10.7 Å². The van der Waals surface area contributed by atoms with Gasteiger partial charge in [0.05, 0.1) is 10.7 Å². The number of hydrogen-bond acceptors (Lipinski definition) is 6. The zero-order valence-corrected chi connectivity index (χ0v) is 18.9. The summed E-state index contributed by atoms with van der Waals surface area (Å²) in [6.07, 6.45) is 8.70. The molecule has 10 heteroatoms. The first-order valence-electron chi connectivity index (χ1n) is 10.3. The van der Waals surface area contributed by atoms with Crippen molar-refractivity contribution in [1.29, 1.82) is 0 Å². The molecule has 30 heavy (non-hydrogen) atoms. The molecule has 0 radical (unpaired) electrons. The van der Waals surface area contributed by atoms with Gasteiger partial charge in [-0.25, -0.2) is 17.8 Å². The van der Waals surface area contributed by atoms with Gasteiger partial charge in [-0.15, -0.1) is 11.3 Å². The van der Waals surface area contributed by atoms with Crippen LogP contribution in [-0.4, -0.2) is 32.5 Å². The van der Waals surface area contributed by atoms with Crippen LogP contribution in [0, 0.1) is 17.7 Å². The molecule has 1 aromatic carbocycles. The molecule has 2 bridgehead atoms. The minimum absolute atomic E-state index is 0.171. The molecule has 0 amide bonds. The van der Waals surface area contributed by atoms with Crippen LogP contribution in [0.15, 0.2) is 28.6 Å². The number of fused-ring (bicyclic) bond motifs is 2. The third-order valence-corrected chi connectivity index (χ3v) is 8.59. The van der Waals surface area contributed by atoms with Crippen molar-refractivity contribution >= 4 is 43.8 Å². The molecule has 3 atom stereocenters. The lowest BCUT2D eigenvalue weighted by molar-refractivity contribution is 0.400. The minimum Gasteiger partial charge on any atom is -0.384 e. The summed E-state index contributed by atoms with van der Waals surface area (Å²) in [6.45, 7) is 1.85. The third kappa shape index (κ3) is 4.90. The van der Waals surface area contributed by atoms with Gasteiger partial charge in [0.2, 0.25) is 0 Å². The number of halogens is 2. The van der Waals surface area contributed by atoms with Gasteiger partial charge in [-0.05, 0) is 56.2 Å². The Morgan fingerprint density at radius 1 is 1.27 bits per heavy atom. The lowest BCUT2D eigenvalue weighted by Gasteiger charge is -2.14. The predicted octanol–water partition coefficient (Wildman–Crippen LogP) is 4.71. The average molecular weight is 473 g/mol. The van der Waals surface area contributed by atoms with Crippen LogP contribution in [0.25, 0.3) is 0 Å². The summed E-state index contributed by atoms with van der Waals surface area (Å²) in [4.78, 5) is 3.36. The Morgan fingerprint density at radius 3 is 2.80 bits per heavy atom. The molecule has 2 aromatic rings. The van der Waals surface area contributed by atoms with E-state index in [2.05, 4.69) is 20.3 Å². The summed E-state index contributed by atoms with van der Waals surface area (Å²) in [7, 11) is -4.09. The molecule has 1 saturated heterocycles. The van der Waals surface area contributed by atoms with Gasteiger partial charge in [0.25, 0.3) is 10.0 Å². The number of nitrogens with one attached hydrogen (secondary N) is 3. The Hall–Kier alpha value is -1.42. The lowest BCUT2D eigenvalue weighted by Crippen LogP contribution is -2.25. The molecule has 2 heterocycles. The Morgan fingerprint density at radius 2 is 2.13 bits per heavy atom. The SMILES string of the molecule is O=S(=O)(Nc1nccs1)c1cc(Cl)c(NCCCCC[C@@H]2[C@H]3CC[C@@H]2NC3)cc1F. The highest BCUT2D eigenvalue weighted by molar-refractivity contribution is 7.93. The number of hydrogen-bond donors (Lipinski definition) is 3. The molecule has 2 fully saturated rings. The van der Waals surface area contributed by atoms with Crippen molar-refractivity contribution in [3.8, 4) is 0 Å². The van der Waals surface area contributed by atoms with Crippen LogP contribution in [-0.2, 0) is 10.0 Å². The Labute approximate surface area is 185 Å². The lowest BCUT2D eigenvalue weighted by atomic mass is 9.92. The van der Waals surface area contributed by atoms with Crippen molar-refractivity contribution in [2.75, 3.05) is 23.1 Å². The van der Waals surface area contributed by atoms with E-state index in [1.807, 2.05) is 0 Å². The maximum atomic E-state index is 14.5. The Balaban J connectivity index is 1.26. The van der Waals surface area contributed by atoms with Crippen molar-refractivity contribution in [3.05, 3.63) is 34.5 Å². The standard InChI is InChI=1S/C20H26ClFN4O2S2/c21-15-10-19(30(27,28)26-20-24-8-9-29-20)16(22)11-18(15)23-7-3-1-2-4-14-13-5-6-17(14)25-12-13/h8-11,13-14,17,23,25H,1-7,12H2,(H,24,26)/t13-,14+,17-/m0/s1. The summed E-state index contributed by atoms with van der Waals surface area (Å²) in [5, 5.41) is 8.71. The first kappa shape index (κ1) is 21.8. The molecule has 0 spiro atoms. The molecule has 1 saturated carbocycles. The van der Waals surface area contributed by atoms with Crippen LogP contribution in [0.1, 0.15) is 38.5 Å². The Kier molecular flexibility index (Phi) is 6.81. The van der Waals surface area contributed by atoms with Crippen LogP contribution in [0.5, 0.6) is 0 Å². The number of rotatable bonds is 10. The number of aromatic nitrogens is 1. The van der Waals surface area contributed by atoms with E-state index in [0.29, 0.717) is 12.2 Å². The number of nitrogens with zero attached hydrogens (tertiary/aromatic N) is 1. The smallest absolute Gasteiger partial charge is 0.266 e. The van der Waals surface area contributed by atoms with E-state index in [9.17, 15) is 12.8 Å². The van der Waals surface area contributed by atoms with Crippen molar-refractivity contribution in [3.63, 3.8) is 0 Å². The fourth-order valence-electron chi connectivity index (χ4n) is 4.62. The van der Waals surface area contributed by atoms with Gasteiger partial charge < -0.3 is 10.6 Å². The van der Waals surface area contributed by atoms with Crippen LogP contribution >= 0.6 is 22.9 Å². The van der Waals surface area contributed by atoms with Gasteiger partial charge in [-0.3, -0.25) is 4.72 Å². The molecule has 3 N–H and O–H groups in total. The number of thiazole rings is 1. The normalized spacial score (nSPS) is 23.1. The maximum absolute atomic E-state index is 14.5. The molecule has 1 aliphatic carbocycles. The summed E-state index contributed by atoms with van der Waals surface area (Å²) >= 11 is 7.33. The average Bonchev–Trinajstić information content (AvgIpc) is 3.44. The fraction of sp³-hybridized carbons (Fsp3) is 0.550. The molecule has 1 aromatic heterocycles. The van der Waals surface area contributed by atoms with Crippen LogP contribution in [0.3, 0.4) is 0 Å². The van der Waals surface area contributed by atoms with Crippen LogP contribution in [0.4, 0.5) is 15.2 Å². The molecule has 6 nitrogen and oxygen atoms in total. The quantitative estimate of drug-likeness (QED) is 0.436. The van der Waals surface area contributed by atoms with E-state index < -0.39 is 20.7 Å². The van der Waals surface area contributed by atoms with E-state index >= 15 is 0 Å². The van der Waals surface area contributed by atoms with Gasteiger partial charge in [0.15, 0.2) is 5.13 Å². The van der Waals surface area contributed by atoms with Crippen molar-refractivity contribution in [2.24, 2.45) is 11.8 Å². The highest BCUT2D eigenvalue weighted by atomic mass is 35.5. The zero-order valence-electron chi connectivity index (χ0n) is 16.5. The van der Waals surface area contributed by atoms with E-state index in [0.717, 1.165) is 54.2 Å². The molecule has 164 valence electrons. The number of benzene rings is 1. The first-order chi connectivity index (χ1) is 14.4. The summed E-state index contributed by atoms with van der Waals surface area (Å²) in [5.74, 6) is 0.860. The minimum atomic E-state index is -4.09. The van der Waals surface area contributed by atoms with E-state index in [1.54, 1.807) is 5.38 Å². The van der Waals surface area contributed by atoms with Crippen molar-refractivity contribution in [1.82, 2.24) is 10.3 Å². The predicted molar refractivity (Wildman–Crippen MR) is 119 cm³/mol. The summed E-state index contributed by atoms with van der Waals surface area (Å²) < 4.78 is 41.6. The fourth-order valence-corrected chi connectivity index (χ4v) is 6.79. The molecular formula is C20H26ClFN4O2S2. The number of unbranched alkanes of at least 4 members (excludes halogenated alkanes) is 2. The third-order valence-electron chi connectivity index (χ3n) is 6.11. The molecule has 0 unspecified atom stereocenters. The Bertz CT molecular complexity index is 951. The zero-order chi connectivity index (χ0) is 21.1. The van der Waals surface area contributed by atoms with Crippen molar-refractivity contribution < 1.29 is 12.8 Å². The molecule has 1 aliphatic heterocycles. The second kappa shape index (κ2) is 9.38. The summed E-state index contributed by atoms with van der Waals surface area (Å²) in [5.41, 5.74) is 0.403. The van der Waals surface area contributed by atoms with Gasteiger partial charge in [-0.1, -0.05) is 24.4 Å². The largest absolute Gasteiger partial charge is 0.384 e. The highest BCUT2D eigenvalue weighted by Gasteiger charge is 2.40. The monoisotopic (exact) mass is 472 g/mol. The molecule has 2 aliphatic rings. The topological polar surface area (TPSA) is 83.1 Å². The highest BCUT2D eigenvalue weighted by Crippen LogP contribution is 2.39. The number of anilines is 2. The van der Waals surface area contributed by atoms with E-state index in [-0.39, 0.29) is 10.2 Å².